The van der Waals surface area contributed by atoms with Gasteiger partial charge in [-0.15, -0.1) is 0 Å². The predicted octanol–water partition coefficient (Wildman–Crippen LogP) is 3.05. The van der Waals surface area contributed by atoms with Crippen molar-refractivity contribution in [2.75, 3.05) is 0 Å². The molecular weight excluding hydrogens is 322 g/mol. The second-order valence-electron chi connectivity index (χ2n) is 5.43. The van der Waals surface area contributed by atoms with E-state index in [1.807, 2.05) is 0 Å². The van der Waals surface area contributed by atoms with Crippen LogP contribution in [0.3, 0.4) is 0 Å². The Morgan fingerprint density at radius 2 is 2.14 bits per heavy atom. The van der Waals surface area contributed by atoms with E-state index in [9.17, 15) is 14.9 Å². The lowest BCUT2D eigenvalue weighted by Crippen LogP contribution is -2.41. The van der Waals surface area contributed by atoms with Gasteiger partial charge in [0.2, 0.25) is 0 Å². The maximum Gasteiger partial charge on any atom is 0.324 e. The van der Waals surface area contributed by atoms with Gasteiger partial charge in [-0.3, -0.25) is 19.8 Å². The van der Waals surface area contributed by atoms with Gasteiger partial charge in [0.15, 0.2) is 5.11 Å². The molecule has 8 heteroatoms. The van der Waals surface area contributed by atoms with Gasteiger partial charge in [-0.05, 0) is 36.7 Å². The number of thiophene rings is 1. The van der Waals surface area contributed by atoms with Crippen molar-refractivity contribution in [2.24, 2.45) is 0 Å². The highest BCUT2D eigenvalue weighted by atomic mass is 32.1. The molecule has 3 rings (SSSR count). The molecule has 1 amide bonds. The van der Waals surface area contributed by atoms with E-state index in [1.165, 1.54) is 12.5 Å². The van der Waals surface area contributed by atoms with Crippen molar-refractivity contribution in [3.05, 3.63) is 32.8 Å². The lowest BCUT2D eigenvalue weighted by molar-refractivity contribution is -0.380. The van der Waals surface area contributed by atoms with Crippen LogP contribution in [0.4, 0.5) is 5.00 Å². The summed E-state index contributed by atoms with van der Waals surface area (Å²) in [5, 5.41) is 15.8. The molecule has 0 unspecified atom stereocenters. The molecule has 1 aromatic heterocycles. The highest BCUT2D eigenvalue weighted by Gasteiger charge is 2.36. The summed E-state index contributed by atoms with van der Waals surface area (Å²) in [7, 11) is 0. The molecule has 22 heavy (non-hydrogen) atoms. The van der Waals surface area contributed by atoms with Gasteiger partial charge in [0, 0.05) is 17.5 Å². The third-order valence-electron chi connectivity index (χ3n) is 3.95. The number of nitrogens with one attached hydrogen (secondary N) is 1. The molecule has 116 valence electrons. The van der Waals surface area contributed by atoms with Crippen LogP contribution in [-0.2, 0) is 4.79 Å². The zero-order chi connectivity index (χ0) is 15.7. The molecule has 1 saturated heterocycles. The summed E-state index contributed by atoms with van der Waals surface area (Å²) in [6.45, 7) is 0. The lowest BCUT2D eigenvalue weighted by Gasteiger charge is -2.29. The standard InChI is InChI=1S/C14H15N3O3S2/c18-13-11(6-9-7-12(17(19)20)22-8-9)15-14(21)16(13)10-4-2-1-3-5-10/h6-8,10H,1-5H2,(H,15,21)/b11-6-. The second-order valence-corrected chi connectivity index (χ2v) is 6.71. The van der Waals surface area contributed by atoms with Crippen LogP contribution in [0.1, 0.15) is 37.7 Å². The Balaban J connectivity index is 1.80. The van der Waals surface area contributed by atoms with Gasteiger partial charge < -0.3 is 5.32 Å². The summed E-state index contributed by atoms with van der Waals surface area (Å²) in [6.07, 6.45) is 7.02. The minimum atomic E-state index is -0.435. The van der Waals surface area contributed by atoms with E-state index >= 15 is 0 Å². The number of carbonyl (C=O) groups excluding carboxylic acids is 1. The van der Waals surface area contributed by atoms with Crippen LogP contribution in [0.25, 0.3) is 6.08 Å². The highest BCUT2D eigenvalue weighted by molar-refractivity contribution is 7.80. The molecule has 1 N–H and O–H groups in total. The van der Waals surface area contributed by atoms with Crippen LogP contribution in [0.15, 0.2) is 17.1 Å². The van der Waals surface area contributed by atoms with Crippen LogP contribution in [0.2, 0.25) is 0 Å². The van der Waals surface area contributed by atoms with Crippen molar-refractivity contribution in [1.82, 2.24) is 10.2 Å². The quantitative estimate of drug-likeness (QED) is 0.397. The average molecular weight is 337 g/mol. The molecule has 0 radical (unpaired) electrons. The summed E-state index contributed by atoms with van der Waals surface area (Å²) < 4.78 is 0. The summed E-state index contributed by atoms with van der Waals surface area (Å²) >= 11 is 6.33. The Labute approximate surface area is 137 Å². The Hall–Kier alpha value is -1.80. The molecular formula is C14H15N3O3S2. The predicted molar refractivity (Wildman–Crippen MR) is 88.4 cm³/mol. The van der Waals surface area contributed by atoms with Gasteiger partial charge in [0.1, 0.15) is 5.70 Å². The first-order valence-electron chi connectivity index (χ1n) is 7.15. The average Bonchev–Trinajstić information content (AvgIpc) is 3.06. The maximum atomic E-state index is 12.5. The van der Waals surface area contributed by atoms with E-state index in [-0.39, 0.29) is 17.0 Å². The molecule has 0 aromatic carbocycles. The van der Waals surface area contributed by atoms with E-state index in [1.54, 1.807) is 16.4 Å². The first kappa shape index (κ1) is 15.1. The molecule has 6 nitrogen and oxygen atoms in total. The Morgan fingerprint density at radius 1 is 1.41 bits per heavy atom. The summed E-state index contributed by atoms with van der Waals surface area (Å²) in [6, 6.07) is 1.63. The molecule has 2 fully saturated rings. The number of hydrogen-bond donors (Lipinski definition) is 1. The van der Waals surface area contributed by atoms with Crippen LogP contribution < -0.4 is 5.32 Å². The van der Waals surface area contributed by atoms with Crippen LogP contribution in [-0.4, -0.2) is 26.9 Å². The summed E-state index contributed by atoms with van der Waals surface area (Å²) in [5.74, 6) is -0.134. The van der Waals surface area contributed by atoms with Gasteiger partial charge in [-0.1, -0.05) is 30.6 Å². The number of rotatable bonds is 3. The molecule has 1 aromatic rings. The van der Waals surface area contributed by atoms with E-state index in [0.717, 1.165) is 37.0 Å². The monoisotopic (exact) mass is 337 g/mol. The number of amides is 1. The zero-order valence-corrected chi connectivity index (χ0v) is 13.4. The van der Waals surface area contributed by atoms with Crippen LogP contribution >= 0.6 is 23.6 Å². The fourth-order valence-corrected chi connectivity index (χ4v) is 3.92. The Bertz CT molecular complexity index is 662. The highest BCUT2D eigenvalue weighted by Crippen LogP contribution is 2.28. The Morgan fingerprint density at radius 3 is 2.77 bits per heavy atom. The summed E-state index contributed by atoms with van der Waals surface area (Å²) in [4.78, 5) is 24.5. The van der Waals surface area contributed by atoms with Crippen LogP contribution in [0.5, 0.6) is 0 Å². The van der Waals surface area contributed by atoms with Gasteiger partial charge in [0.05, 0.1) is 4.92 Å². The molecule has 1 saturated carbocycles. The van der Waals surface area contributed by atoms with E-state index < -0.39 is 4.92 Å². The lowest BCUT2D eigenvalue weighted by atomic mass is 9.94. The fourth-order valence-electron chi connectivity index (χ4n) is 2.90. The molecule has 0 bridgehead atoms. The van der Waals surface area contributed by atoms with E-state index in [2.05, 4.69) is 5.32 Å². The number of nitrogens with zero attached hydrogens (tertiary/aromatic N) is 2. The number of nitro groups is 1. The minimum Gasteiger partial charge on any atom is -0.328 e. The maximum absolute atomic E-state index is 12.5. The smallest absolute Gasteiger partial charge is 0.324 e. The SMILES string of the molecule is O=C1/C(=C/c2csc([N+](=O)[O-])c2)NC(=S)N1C1CCCCC1. The van der Waals surface area contributed by atoms with Crippen molar-refractivity contribution < 1.29 is 9.72 Å². The molecule has 0 atom stereocenters. The molecule has 1 aliphatic carbocycles. The zero-order valence-electron chi connectivity index (χ0n) is 11.8. The van der Waals surface area contributed by atoms with Gasteiger partial charge in [-0.2, -0.15) is 0 Å². The van der Waals surface area contributed by atoms with Gasteiger partial charge in [-0.25, -0.2) is 0 Å². The molecule has 1 aliphatic heterocycles. The van der Waals surface area contributed by atoms with Crippen molar-refractivity contribution >= 4 is 45.7 Å². The number of thiocarbonyl (C=S) groups is 1. The fraction of sp³-hybridized carbons (Fsp3) is 0.429. The Kier molecular flexibility index (Phi) is 4.21. The minimum absolute atomic E-state index is 0.0593. The third-order valence-corrected chi connectivity index (χ3v) is 5.14. The van der Waals surface area contributed by atoms with Gasteiger partial charge in [0.25, 0.3) is 5.91 Å². The largest absolute Gasteiger partial charge is 0.328 e. The van der Waals surface area contributed by atoms with Gasteiger partial charge >= 0.3 is 5.00 Å². The van der Waals surface area contributed by atoms with Crippen LogP contribution in [0, 0.1) is 10.1 Å². The number of hydrogen-bond acceptors (Lipinski definition) is 5. The first-order chi connectivity index (χ1) is 10.6. The van der Waals surface area contributed by atoms with Crippen molar-refractivity contribution in [2.45, 2.75) is 38.1 Å². The third kappa shape index (κ3) is 2.89. The second kappa shape index (κ2) is 6.13. The van der Waals surface area contributed by atoms with Crippen molar-refractivity contribution in [1.29, 1.82) is 0 Å². The number of carbonyl (C=O) groups is 1. The van der Waals surface area contributed by atoms with Crippen molar-refractivity contribution in [3.8, 4) is 0 Å². The van der Waals surface area contributed by atoms with E-state index in [0.29, 0.717) is 16.4 Å². The molecule has 2 heterocycles. The normalized spacial score (nSPS) is 21.5. The molecule has 0 spiro atoms. The van der Waals surface area contributed by atoms with E-state index in [4.69, 9.17) is 12.2 Å². The molecule has 2 aliphatic rings. The van der Waals surface area contributed by atoms with Crippen molar-refractivity contribution in [3.63, 3.8) is 0 Å². The first-order valence-corrected chi connectivity index (χ1v) is 8.44. The topological polar surface area (TPSA) is 75.5 Å². The summed E-state index contributed by atoms with van der Waals surface area (Å²) in [5.41, 5.74) is 1.03.